The van der Waals surface area contributed by atoms with Gasteiger partial charge in [-0.05, 0) is 67.5 Å². The third-order valence-corrected chi connectivity index (χ3v) is 14.9. The van der Waals surface area contributed by atoms with Crippen molar-refractivity contribution < 1.29 is 57.8 Å². The number of aromatic hydroxyl groups is 1. The van der Waals surface area contributed by atoms with Gasteiger partial charge in [0, 0.05) is 53.9 Å². The maximum Gasteiger partial charge on any atom is 0.331 e. The van der Waals surface area contributed by atoms with Crippen molar-refractivity contribution in [2.45, 2.75) is 120 Å². The molecule has 0 saturated carbocycles. The molecular weight excluding hydrogens is 819 g/mol. The number of piperazine rings is 1. The van der Waals surface area contributed by atoms with Gasteiger partial charge in [-0.1, -0.05) is 38.7 Å². The molecule has 7 aliphatic rings. The summed E-state index contributed by atoms with van der Waals surface area (Å²) in [6.45, 7) is 7.34. The molecule has 7 aliphatic heterocycles. The quantitative estimate of drug-likeness (QED) is 0.112. The van der Waals surface area contributed by atoms with Gasteiger partial charge in [-0.15, -0.1) is 11.8 Å². The van der Waals surface area contributed by atoms with Crippen LogP contribution in [0.4, 0.5) is 0 Å². The number of methoxy groups -OCH3 is 2. The molecule has 7 heterocycles. The Balaban J connectivity index is 1.19. The SMILES string of the molecule is CCCCCCCC(=O)Oc1cc2c(cc1OC)[C@@]1(CS[C@@H]3c4c(OC(C)=O)c(C)c5c(c4[C@H](COC1=O)N1C3[C@@H]3N[C@@H](Cc4cc(C)c(OC)c(O)c43)[C@@H]1O)OCO5)NCC2. The van der Waals surface area contributed by atoms with Crippen molar-refractivity contribution in [1.82, 2.24) is 15.5 Å². The number of carbonyl (C=O) groups is 3. The van der Waals surface area contributed by atoms with E-state index in [1.807, 2.05) is 24.8 Å². The van der Waals surface area contributed by atoms with Crippen molar-refractivity contribution in [2.24, 2.45) is 0 Å². The number of benzene rings is 3. The Morgan fingerprint density at radius 3 is 2.50 bits per heavy atom. The van der Waals surface area contributed by atoms with Gasteiger partial charge in [-0.2, -0.15) is 0 Å². The van der Waals surface area contributed by atoms with Crippen LogP contribution in [0, 0.1) is 13.8 Å². The molecule has 0 aromatic heterocycles. The topological polar surface area (TPSA) is 184 Å². The highest BCUT2D eigenvalue weighted by Gasteiger charge is 2.60. The number of aliphatic hydroxyl groups excluding tert-OH is 1. The molecule has 0 aliphatic carbocycles. The lowest BCUT2D eigenvalue weighted by atomic mass is 9.74. The van der Waals surface area contributed by atoms with E-state index in [1.54, 1.807) is 12.1 Å². The Hall–Kier alpha value is -4.74. The van der Waals surface area contributed by atoms with Crippen molar-refractivity contribution in [3.05, 3.63) is 62.7 Å². The average Bonchev–Trinajstić information content (AvgIpc) is 3.75. The maximum atomic E-state index is 15.0. The lowest BCUT2D eigenvalue weighted by Gasteiger charge is -2.59. The van der Waals surface area contributed by atoms with Crippen LogP contribution in [-0.4, -0.2) is 91.2 Å². The summed E-state index contributed by atoms with van der Waals surface area (Å²) in [5.41, 5.74) is 4.20. The van der Waals surface area contributed by atoms with Crippen LogP contribution in [0.15, 0.2) is 18.2 Å². The smallest absolute Gasteiger partial charge is 0.331 e. The lowest BCUT2D eigenvalue weighted by molar-refractivity contribution is -0.164. The summed E-state index contributed by atoms with van der Waals surface area (Å²) in [6, 6.07) is 3.14. The summed E-state index contributed by atoms with van der Waals surface area (Å²) in [5, 5.41) is 31.1. The van der Waals surface area contributed by atoms with Crippen molar-refractivity contribution in [3.63, 3.8) is 0 Å². The van der Waals surface area contributed by atoms with Crippen LogP contribution in [0.1, 0.15) is 114 Å². The van der Waals surface area contributed by atoms with E-state index in [1.165, 1.54) is 32.9 Å². The zero-order valence-corrected chi connectivity index (χ0v) is 36.8. The Bertz CT molecular complexity index is 2320. The highest BCUT2D eigenvalue weighted by molar-refractivity contribution is 7.99. The molecule has 16 heteroatoms. The molecule has 4 bridgehead atoms. The van der Waals surface area contributed by atoms with Crippen LogP contribution >= 0.6 is 11.8 Å². The number of hydrogen-bond donors (Lipinski definition) is 4. The molecule has 3 aromatic carbocycles. The Morgan fingerprint density at radius 1 is 0.952 bits per heavy atom. The van der Waals surface area contributed by atoms with Gasteiger partial charge in [0.1, 0.15) is 18.6 Å². The number of ether oxygens (including phenoxy) is 7. The van der Waals surface area contributed by atoms with Crippen LogP contribution in [-0.2, 0) is 37.5 Å². The van der Waals surface area contributed by atoms with E-state index in [0.717, 1.165) is 48.8 Å². The van der Waals surface area contributed by atoms with Gasteiger partial charge in [-0.25, -0.2) is 4.79 Å². The molecular formula is C46H55N3O12S. The number of nitrogens with zero attached hydrogens (tertiary/aromatic N) is 1. The molecule has 0 amide bonds. The first-order chi connectivity index (χ1) is 29.9. The van der Waals surface area contributed by atoms with E-state index in [2.05, 4.69) is 17.6 Å². The number of aryl methyl sites for hydroxylation is 1. The van der Waals surface area contributed by atoms with Crippen molar-refractivity contribution in [2.75, 3.05) is 39.9 Å². The van der Waals surface area contributed by atoms with Crippen molar-refractivity contribution in [1.29, 1.82) is 0 Å². The minimum atomic E-state index is -1.40. The number of aliphatic hydroxyl groups is 1. The van der Waals surface area contributed by atoms with Gasteiger partial charge < -0.3 is 48.7 Å². The summed E-state index contributed by atoms with van der Waals surface area (Å²) < 4.78 is 42.3. The van der Waals surface area contributed by atoms with E-state index < -0.39 is 53.1 Å². The van der Waals surface area contributed by atoms with E-state index in [9.17, 15) is 24.6 Å². The first kappa shape index (κ1) is 42.6. The van der Waals surface area contributed by atoms with Crippen LogP contribution in [0.3, 0.4) is 0 Å². The van der Waals surface area contributed by atoms with E-state index in [0.29, 0.717) is 81.7 Å². The number of unbranched alkanes of at least 4 members (excludes halogenated alkanes) is 4. The number of phenolic OH excluding ortho intramolecular Hbond substituents is 1. The first-order valence-corrected chi connectivity index (χ1v) is 22.7. The number of thioether (sulfide) groups is 1. The van der Waals surface area contributed by atoms with Crippen LogP contribution in [0.25, 0.3) is 0 Å². The van der Waals surface area contributed by atoms with Gasteiger partial charge in [0.2, 0.25) is 6.79 Å². The molecule has 4 N–H and O–H groups in total. The molecule has 1 spiro atoms. The molecule has 3 aromatic rings. The molecule has 1 unspecified atom stereocenters. The van der Waals surface area contributed by atoms with Gasteiger partial charge in [0.15, 0.2) is 40.0 Å². The molecule has 0 radical (unpaired) electrons. The minimum absolute atomic E-state index is 0.0147. The summed E-state index contributed by atoms with van der Waals surface area (Å²) in [7, 11) is 3.03. The zero-order valence-electron chi connectivity index (χ0n) is 36.0. The van der Waals surface area contributed by atoms with Gasteiger partial charge >= 0.3 is 17.9 Å². The largest absolute Gasteiger partial charge is 0.504 e. The third kappa shape index (κ3) is 6.84. The highest BCUT2D eigenvalue weighted by Crippen LogP contribution is 2.63. The summed E-state index contributed by atoms with van der Waals surface area (Å²) in [5.74, 6) is 0.879. The number of esters is 3. The predicted molar refractivity (Wildman–Crippen MR) is 227 cm³/mol. The molecule has 2 saturated heterocycles. The number of phenols is 1. The second-order valence-corrected chi connectivity index (χ2v) is 18.3. The van der Waals surface area contributed by atoms with Crippen molar-refractivity contribution >= 4 is 29.7 Å². The summed E-state index contributed by atoms with van der Waals surface area (Å²) >= 11 is 1.45. The Morgan fingerprint density at radius 2 is 1.74 bits per heavy atom. The maximum absolute atomic E-state index is 15.0. The molecule has 2 fully saturated rings. The normalized spacial score (nSPS) is 26.7. The van der Waals surface area contributed by atoms with Crippen molar-refractivity contribution in [3.8, 4) is 40.2 Å². The summed E-state index contributed by atoms with van der Waals surface area (Å²) in [6.07, 6.45) is 5.17. The molecule has 332 valence electrons. The Labute approximate surface area is 365 Å². The van der Waals surface area contributed by atoms with Gasteiger partial charge in [0.05, 0.1) is 37.6 Å². The monoisotopic (exact) mass is 873 g/mol. The number of carbonyl (C=O) groups excluding carboxylic acids is 3. The molecule has 62 heavy (non-hydrogen) atoms. The van der Waals surface area contributed by atoms with Crippen LogP contribution < -0.4 is 39.1 Å². The zero-order chi connectivity index (χ0) is 43.6. The number of rotatable bonds is 10. The fourth-order valence-corrected chi connectivity index (χ4v) is 12.4. The van der Waals surface area contributed by atoms with Gasteiger partial charge in [-0.3, -0.25) is 19.8 Å². The van der Waals surface area contributed by atoms with Gasteiger partial charge in [0.25, 0.3) is 0 Å². The van der Waals surface area contributed by atoms with Crippen LogP contribution in [0.2, 0.25) is 0 Å². The second kappa shape index (κ2) is 16.8. The minimum Gasteiger partial charge on any atom is -0.504 e. The first-order valence-electron chi connectivity index (χ1n) is 21.6. The average molecular weight is 874 g/mol. The standard InChI is InChI=1S/C46H55N3O12S/c1-7-8-9-10-11-12-32(51)61-31-17-25-13-14-47-46(27(25)18-30(31)55-5)20-62-43-35-34(42-41(58-21-59-42)23(3)40(35)60-24(4)50)29(19-57-45(46)54)49-37(43)36-33-26(16-28(48-36)44(49)53)15-22(2)39(56-6)38(33)52/h15,17-18,28-29,36-37,43-44,47-48,52-53H,7-14,16,19-21H2,1-6H3/t28-,29-,36+,37?,43+,44-,46+/m0/s1. The predicted octanol–water partition coefficient (Wildman–Crippen LogP) is 5.63. The third-order valence-electron chi connectivity index (χ3n) is 13.5. The van der Waals surface area contributed by atoms with E-state index in [-0.39, 0.29) is 37.3 Å². The van der Waals surface area contributed by atoms with Crippen LogP contribution in [0.5, 0.6) is 40.2 Å². The number of hydrogen-bond acceptors (Lipinski definition) is 16. The Kier molecular flexibility index (Phi) is 11.5. The lowest BCUT2D eigenvalue weighted by Crippen LogP contribution is -2.69. The summed E-state index contributed by atoms with van der Waals surface area (Å²) in [4.78, 5) is 43.0. The fraction of sp³-hybridized carbons (Fsp3) is 0.543. The number of fused-ring (bicyclic) bond motifs is 9. The van der Waals surface area contributed by atoms with E-state index in [4.69, 9.17) is 33.2 Å². The molecule has 7 atom stereocenters. The number of nitrogens with one attached hydrogen (secondary N) is 2. The highest BCUT2D eigenvalue weighted by atomic mass is 32.2. The molecule has 15 nitrogen and oxygen atoms in total. The fourth-order valence-electron chi connectivity index (χ4n) is 10.7. The second-order valence-electron chi connectivity index (χ2n) is 17.1. The van der Waals surface area contributed by atoms with E-state index >= 15 is 0 Å². The molecule has 10 rings (SSSR count).